The fourth-order valence-corrected chi connectivity index (χ4v) is 2.48. The van der Waals surface area contributed by atoms with Gasteiger partial charge in [0.1, 0.15) is 0 Å². The van der Waals surface area contributed by atoms with Crippen LogP contribution in [0.15, 0.2) is 6.07 Å². The van der Waals surface area contributed by atoms with Gasteiger partial charge in [0.05, 0.1) is 0 Å². The van der Waals surface area contributed by atoms with E-state index in [-0.39, 0.29) is 0 Å². The summed E-state index contributed by atoms with van der Waals surface area (Å²) in [6.07, 6.45) is 1.19. The minimum absolute atomic E-state index is 0.690. The largest absolute Gasteiger partial charge is 0.145 e. The monoisotopic (exact) mass is 168 g/mol. The van der Waals surface area contributed by atoms with E-state index in [1.807, 2.05) is 11.3 Å². The zero-order valence-corrected chi connectivity index (χ0v) is 8.59. The van der Waals surface area contributed by atoms with E-state index in [0.717, 1.165) is 0 Å². The second kappa shape index (κ2) is 3.40. The van der Waals surface area contributed by atoms with Gasteiger partial charge in [-0.3, -0.25) is 0 Å². The first-order valence-electron chi connectivity index (χ1n) is 4.24. The zero-order valence-electron chi connectivity index (χ0n) is 7.77. The molecule has 1 heteroatoms. The lowest BCUT2D eigenvalue weighted by Crippen LogP contribution is -1.87. The molecule has 0 saturated carbocycles. The van der Waals surface area contributed by atoms with E-state index in [9.17, 15) is 0 Å². The van der Waals surface area contributed by atoms with E-state index >= 15 is 0 Å². The summed E-state index contributed by atoms with van der Waals surface area (Å²) < 4.78 is 0. The maximum absolute atomic E-state index is 2.33. The van der Waals surface area contributed by atoms with Gasteiger partial charge in [-0.25, -0.2) is 0 Å². The van der Waals surface area contributed by atoms with Crippen molar-refractivity contribution in [1.29, 1.82) is 0 Å². The number of hydrogen-bond donors (Lipinski definition) is 0. The second-order valence-electron chi connectivity index (χ2n) is 3.24. The van der Waals surface area contributed by atoms with Crippen molar-refractivity contribution in [3.8, 4) is 0 Å². The highest BCUT2D eigenvalue weighted by Gasteiger charge is 2.07. The molecule has 1 rings (SSSR count). The molecular weight excluding hydrogens is 152 g/mol. The molecule has 0 amide bonds. The van der Waals surface area contributed by atoms with Crippen molar-refractivity contribution in [2.75, 3.05) is 0 Å². The fourth-order valence-electron chi connectivity index (χ4n) is 1.35. The third-order valence-electron chi connectivity index (χ3n) is 1.91. The second-order valence-corrected chi connectivity index (χ2v) is 4.58. The topological polar surface area (TPSA) is 0 Å². The lowest BCUT2D eigenvalue weighted by Gasteiger charge is -2.03. The summed E-state index contributed by atoms with van der Waals surface area (Å²) in [6, 6.07) is 2.33. The minimum atomic E-state index is 0.690. The molecule has 0 spiro atoms. The van der Waals surface area contributed by atoms with Crippen molar-refractivity contribution < 1.29 is 0 Å². The Hall–Kier alpha value is -0.300. The molecule has 0 atom stereocenters. The fraction of sp³-hybridized carbons (Fsp3) is 0.600. The molecule has 1 aromatic rings. The van der Waals surface area contributed by atoms with Crippen LogP contribution >= 0.6 is 11.3 Å². The van der Waals surface area contributed by atoms with E-state index in [0.29, 0.717) is 5.92 Å². The molecular formula is C10H16S. The van der Waals surface area contributed by atoms with Crippen molar-refractivity contribution in [3.63, 3.8) is 0 Å². The summed E-state index contributed by atoms with van der Waals surface area (Å²) in [6.45, 7) is 8.95. The van der Waals surface area contributed by atoms with Gasteiger partial charge in [0, 0.05) is 9.75 Å². The predicted octanol–water partition coefficient (Wildman–Crippen LogP) is 3.74. The van der Waals surface area contributed by atoms with E-state index in [1.165, 1.54) is 11.3 Å². The van der Waals surface area contributed by atoms with Gasteiger partial charge in [0.2, 0.25) is 0 Å². The summed E-state index contributed by atoms with van der Waals surface area (Å²) in [5.74, 6) is 0.690. The first-order chi connectivity index (χ1) is 5.15. The van der Waals surface area contributed by atoms with Crippen LogP contribution in [-0.2, 0) is 6.42 Å². The van der Waals surface area contributed by atoms with Gasteiger partial charge >= 0.3 is 0 Å². The van der Waals surface area contributed by atoms with E-state index in [2.05, 4.69) is 33.8 Å². The maximum Gasteiger partial charge on any atom is 0.00799 e. The van der Waals surface area contributed by atoms with Crippen LogP contribution in [0.3, 0.4) is 0 Å². The standard InChI is InChI=1S/C10H16S/c1-5-10-9(7(2)3)6-8(4)11-10/h6-7H,5H2,1-4H3. The van der Waals surface area contributed by atoms with Crippen LogP contribution < -0.4 is 0 Å². The third-order valence-corrected chi connectivity index (χ3v) is 3.12. The van der Waals surface area contributed by atoms with E-state index in [1.54, 1.807) is 10.4 Å². The quantitative estimate of drug-likeness (QED) is 0.631. The third kappa shape index (κ3) is 1.84. The lowest BCUT2D eigenvalue weighted by molar-refractivity contribution is 0.854. The molecule has 0 radical (unpaired) electrons. The van der Waals surface area contributed by atoms with Crippen LogP contribution in [0.4, 0.5) is 0 Å². The molecule has 62 valence electrons. The molecule has 0 unspecified atom stereocenters. The van der Waals surface area contributed by atoms with Crippen LogP contribution in [0.1, 0.15) is 42.0 Å². The Morgan fingerprint density at radius 2 is 2.09 bits per heavy atom. The van der Waals surface area contributed by atoms with E-state index in [4.69, 9.17) is 0 Å². The Balaban J connectivity index is 3.02. The molecule has 11 heavy (non-hydrogen) atoms. The normalized spacial score (nSPS) is 11.0. The highest BCUT2D eigenvalue weighted by molar-refractivity contribution is 7.12. The summed E-state index contributed by atoms with van der Waals surface area (Å²) in [5, 5.41) is 0. The average Bonchev–Trinajstić information content (AvgIpc) is 2.30. The smallest absolute Gasteiger partial charge is 0.00799 e. The summed E-state index contributed by atoms with van der Waals surface area (Å²) in [5.41, 5.74) is 1.55. The molecule has 0 bridgehead atoms. The van der Waals surface area contributed by atoms with Gasteiger partial charge < -0.3 is 0 Å². The Labute approximate surface area is 73.3 Å². The molecule has 0 aliphatic rings. The average molecular weight is 168 g/mol. The van der Waals surface area contributed by atoms with Gasteiger partial charge in [0.15, 0.2) is 0 Å². The molecule has 0 fully saturated rings. The van der Waals surface area contributed by atoms with Crippen molar-refractivity contribution in [2.24, 2.45) is 0 Å². The van der Waals surface area contributed by atoms with Crippen molar-refractivity contribution in [1.82, 2.24) is 0 Å². The van der Waals surface area contributed by atoms with Crippen LogP contribution in [-0.4, -0.2) is 0 Å². The zero-order chi connectivity index (χ0) is 8.43. The molecule has 0 aliphatic carbocycles. The van der Waals surface area contributed by atoms with Crippen LogP contribution in [0.2, 0.25) is 0 Å². The predicted molar refractivity (Wildman–Crippen MR) is 52.5 cm³/mol. The van der Waals surface area contributed by atoms with Gasteiger partial charge in [-0.15, -0.1) is 11.3 Å². The SMILES string of the molecule is CCc1sc(C)cc1C(C)C. The highest BCUT2D eigenvalue weighted by Crippen LogP contribution is 2.28. The van der Waals surface area contributed by atoms with Gasteiger partial charge in [-0.1, -0.05) is 20.8 Å². The maximum atomic E-state index is 2.33. The Bertz CT molecular complexity index is 233. The first-order valence-corrected chi connectivity index (χ1v) is 5.06. The molecule has 0 N–H and O–H groups in total. The molecule has 0 saturated heterocycles. The Morgan fingerprint density at radius 1 is 1.45 bits per heavy atom. The summed E-state index contributed by atoms with van der Waals surface area (Å²) in [7, 11) is 0. The molecule has 0 aliphatic heterocycles. The summed E-state index contributed by atoms with van der Waals surface area (Å²) >= 11 is 1.94. The Kier molecular flexibility index (Phi) is 2.72. The minimum Gasteiger partial charge on any atom is -0.145 e. The van der Waals surface area contributed by atoms with Gasteiger partial charge in [-0.2, -0.15) is 0 Å². The number of thiophene rings is 1. The van der Waals surface area contributed by atoms with Crippen molar-refractivity contribution in [2.45, 2.75) is 40.0 Å². The van der Waals surface area contributed by atoms with Crippen LogP contribution in [0.5, 0.6) is 0 Å². The number of hydrogen-bond acceptors (Lipinski definition) is 1. The summed E-state index contributed by atoms with van der Waals surface area (Å²) in [4.78, 5) is 3.02. The molecule has 0 nitrogen and oxygen atoms in total. The molecule has 1 aromatic heterocycles. The molecule has 1 heterocycles. The van der Waals surface area contributed by atoms with Gasteiger partial charge in [0.25, 0.3) is 0 Å². The Morgan fingerprint density at radius 3 is 2.45 bits per heavy atom. The number of rotatable bonds is 2. The van der Waals surface area contributed by atoms with Crippen molar-refractivity contribution >= 4 is 11.3 Å². The van der Waals surface area contributed by atoms with Crippen LogP contribution in [0.25, 0.3) is 0 Å². The van der Waals surface area contributed by atoms with E-state index < -0.39 is 0 Å². The van der Waals surface area contributed by atoms with Crippen molar-refractivity contribution in [3.05, 3.63) is 21.4 Å². The number of aryl methyl sites for hydroxylation is 2. The van der Waals surface area contributed by atoms with Gasteiger partial charge in [-0.05, 0) is 30.9 Å². The van der Waals surface area contributed by atoms with Crippen LogP contribution in [0, 0.1) is 6.92 Å². The highest BCUT2D eigenvalue weighted by atomic mass is 32.1. The molecule has 0 aromatic carbocycles. The first kappa shape index (κ1) is 8.79. The lowest BCUT2D eigenvalue weighted by atomic mass is 10.0.